The molecule has 0 spiro atoms. The van der Waals surface area contributed by atoms with Crippen LogP contribution in [0.2, 0.25) is 5.35 Å². The SMILES string of the molecule is Fc1ccc(Cc2nnc(Cl)o2)cc1F. The van der Waals surface area contributed by atoms with Gasteiger partial charge in [0.05, 0.1) is 6.42 Å². The molecule has 2 aromatic rings. The molecule has 0 N–H and O–H groups in total. The van der Waals surface area contributed by atoms with Crippen molar-refractivity contribution in [2.24, 2.45) is 0 Å². The molecule has 6 heteroatoms. The van der Waals surface area contributed by atoms with E-state index in [1.165, 1.54) is 6.07 Å². The standard InChI is InChI=1S/C9H5ClF2N2O/c10-9-14-13-8(15-9)4-5-1-2-6(11)7(12)3-5/h1-3H,4H2. The third-order valence-electron chi connectivity index (χ3n) is 1.78. The first kappa shape index (κ1) is 10.0. The molecule has 15 heavy (non-hydrogen) atoms. The lowest BCUT2D eigenvalue weighted by molar-refractivity contribution is 0.498. The van der Waals surface area contributed by atoms with Gasteiger partial charge in [-0.3, -0.25) is 0 Å². The molecule has 1 aromatic heterocycles. The van der Waals surface area contributed by atoms with E-state index in [4.69, 9.17) is 16.0 Å². The maximum absolute atomic E-state index is 12.8. The first-order valence-corrected chi connectivity index (χ1v) is 4.45. The first-order valence-electron chi connectivity index (χ1n) is 4.07. The second-order valence-corrected chi connectivity index (χ2v) is 3.20. The van der Waals surface area contributed by atoms with Crippen molar-refractivity contribution in [2.45, 2.75) is 6.42 Å². The van der Waals surface area contributed by atoms with Crippen LogP contribution in [-0.4, -0.2) is 10.2 Å². The van der Waals surface area contributed by atoms with Gasteiger partial charge in [-0.2, -0.15) is 0 Å². The summed E-state index contributed by atoms with van der Waals surface area (Å²) < 4.78 is 30.3. The summed E-state index contributed by atoms with van der Waals surface area (Å²) in [5.41, 5.74) is 0.536. The molecule has 2 rings (SSSR count). The summed E-state index contributed by atoms with van der Waals surface area (Å²) in [5, 5.41) is 6.96. The van der Waals surface area contributed by atoms with Crippen LogP contribution in [0.25, 0.3) is 0 Å². The molecule has 0 saturated heterocycles. The minimum Gasteiger partial charge on any atom is -0.412 e. The van der Waals surface area contributed by atoms with E-state index < -0.39 is 11.6 Å². The number of aromatic nitrogens is 2. The Kier molecular flexibility index (Phi) is 2.64. The fourth-order valence-corrected chi connectivity index (χ4v) is 1.26. The van der Waals surface area contributed by atoms with Crippen molar-refractivity contribution in [2.75, 3.05) is 0 Å². The third kappa shape index (κ3) is 2.30. The van der Waals surface area contributed by atoms with Crippen molar-refractivity contribution in [1.29, 1.82) is 0 Å². The summed E-state index contributed by atoms with van der Waals surface area (Å²) in [7, 11) is 0. The lowest BCUT2D eigenvalue weighted by Crippen LogP contribution is -1.91. The molecular formula is C9H5ClF2N2O. The van der Waals surface area contributed by atoms with Crippen molar-refractivity contribution >= 4 is 11.6 Å². The topological polar surface area (TPSA) is 38.9 Å². The molecule has 0 aliphatic heterocycles. The summed E-state index contributed by atoms with van der Waals surface area (Å²) in [6, 6.07) is 3.56. The van der Waals surface area contributed by atoms with Gasteiger partial charge in [0.25, 0.3) is 0 Å². The molecule has 0 amide bonds. The highest BCUT2D eigenvalue weighted by Crippen LogP contribution is 2.14. The molecule has 1 heterocycles. The molecule has 0 fully saturated rings. The van der Waals surface area contributed by atoms with Crippen LogP contribution < -0.4 is 0 Å². The quantitative estimate of drug-likeness (QED) is 0.796. The van der Waals surface area contributed by atoms with Crippen LogP contribution in [0.5, 0.6) is 0 Å². The summed E-state index contributed by atoms with van der Waals surface area (Å²) in [6.07, 6.45) is 0.219. The van der Waals surface area contributed by atoms with Crippen molar-refractivity contribution in [3.05, 3.63) is 46.6 Å². The molecule has 3 nitrogen and oxygen atoms in total. The van der Waals surface area contributed by atoms with E-state index in [1.54, 1.807) is 0 Å². The van der Waals surface area contributed by atoms with Crippen molar-refractivity contribution in [3.63, 3.8) is 0 Å². The van der Waals surface area contributed by atoms with E-state index in [1.807, 2.05) is 0 Å². The molecule has 1 aromatic carbocycles. The van der Waals surface area contributed by atoms with Crippen molar-refractivity contribution < 1.29 is 13.2 Å². The largest absolute Gasteiger partial charge is 0.412 e. The number of hydrogen-bond acceptors (Lipinski definition) is 3. The second kappa shape index (κ2) is 3.94. The van der Waals surface area contributed by atoms with E-state index >= 15 is 0 Å². The normalized spacial score (nSPS) is 10.6. The monoisotopic (exact) mass is 230 g/mol. The Morgan fingerprint density at radius 3 is 2.60 bits per heavy atom. The first-order chi connectivity index (χ1) is 7.15. The molecule has 78 valence electrons. The van der Waals surface area contributed by atoms with Gasteiger partial charge >= 0.3 is 5.35 Å². The van der Waals surface area contributed by atoms with Crippen LogP contribution >= 0.6 is 11.6 Å². The third-order valence-corrected chi connectivity index (χ3v) is 1.93. The number of hydrogen-bond donors (Lipinski definition) is 0. The minimum absolute atomic E-state index is 0.0763. The Bertz CT molecular complexity index is 487. The van der Waals surface area contributed by atoms with E-state index in [0.717, 1.165) is 12.1 Å². The maximum Gasteiger partial charge on any atom is 0.312 e. The zero-order valence-electron chi connectivity index (χ0n) is 7.38. The number of rotatable bonds is 2. The van der Waals surface area contributed by atoms with Gasteiger partial charge in [0, 0.05) is 0 Å². The smallest absolute Gasteiger partial charge is 0.312 e. The summed E-state index contributed by atoms with van der Waals surface area (Å²) in [5.74, 6) is -1.54. The van der Waals surface area contributed by atoms with Gasteiger partial charge in [0.2, 0.25) is 5.89 Å². The molecule has 0 atom stereocenters. The Morgan fingerprint density at radius 2 is 2.00 bits per heavy atom. The summed E-state index contributed by atoms with van der Waals surface area (Å²) in [6.45, 7) is 0. The van der Waals surface area contributed by atoms with Crippen LogP contribution in [0, 0.1) is 11.6 Å². The molecule has 0 aliphatic rings. The fraction of sp³-hybridized carbons (Fsp3) is 0.111. The summed E-state index contributed by atoms with van der Waals surface area (Å²) >= 11 is 5.41. The predicted octanol–water partition coefficient (Wildman–Crippen LogP) is 2.59. The van der Waals surface area contributed by atoms with Crippen LogP contribution in [-0.2, 0) is 6.42 Å². The number of halogens is 3. The Morgan fingerprint density at radius 1 is 1.20 bits per heavy atom. The minimum atomic E-state index is -0.905. The van der Waals surface area contributed by atoms with Crippen molar-refractivity contribution in [3.8, 4) is 0 Å². The highest BCUT2D eigenvalue weighted by atomic mass is 35.5. The molecule has 0 radical (unpaired) electrons. The second-order valence-electron chi connectivity index (χ2n) is 2.87. The molecule has 0 unspecified atom stereocenters. The van der Waals surface area contributed by atoms with Crippen LogP contribution in [0.4, 0.5) is 8.78 Å². The molecule has 0 aliphatic carbocycles. The molecule has 0 bridgehead atoms. The Labute approximate surface area is 88.7 Å². The lowest BCUT2D eigenvalue weighted by Gasteiger charge is -1.97. The fourth-order valence-electron chi connectivity index (χ4n) is 1.13. The van der Waals surface area contributed by atoms with Gasteiger partial charge in [0.15, 0.2) is 11.6 Å². The van der Waals surface area contributed by atoms with Crippen molar-refractivity contribution in [1.82, 2.24) is 10.2 Å². The zero-order valence-corrected chi connectivity index (χ0v) is 8.13. The average molecular weight is 231 g/mol. The van der Waals surface area contributed by atoms with E-state index in [0.29, 0.717) is 5.56 Å². The zero-order chi connectivity index (χ0) is 10.8. The van der Waals surface area contributed by atoms with Crippen LogP contribution in [0.3, 0.4) is 0 Å². The Balaban J connectivity index is 2.21. The van der Waals surface area contributed by atoms with Crippen LogP contribution in [0.1, 0.15) is 11.5 Å². The predicted molar refractivity (Wildman–Crippen MR) is 48.5 cm³/mol. The maximum atomic E-state index is 12.8. The number of nitrogens with zero attached hydrogens (tertiary/aromatic N) is 2. The Hall–Kier alpha value is -1.49. The lowest BCUT2D eigenvalue weighted by atomic mass is 10.1. The van der Waals surface area contributed by atoms with Gasteiger partial charge in [0.1, 0.15) is 0 Å². The molecular weight excluding hydrogens is 226 g/mol. The number of benzene rings is 1. The van der Waals surface area contributed by atoms with E-state index in [9.17, 15) is 8.78 Å². The van der Waals surface area contributed by atoms with E-state index in [-0.39, 0.29) is 17.7 Å². The van der Waals surface area contributed by atoms with Crippen LogP contribution in [0.15, 0.2) is 22.6 Å². The van der Waals surface area contributed by atoms with Gasteiger partial charge in [-0.25, -0.2) is 8.78 Å². The van der Waals surface area contributed by atoms with Gasteiger partial charge < -0.3 is 4.42 Å². The van der Waals surface area contributed by atoms with Gasteiger partial charge in [-0.15, -0.1) is 5.10 Å². The average Bonchev–Trinajstić information content (AvgIpc) is 2.58. The summed E-state index contributed by atoms with van der Waals surface area (Å²) in [4.78, 5) is 0. The molecule has 0 saturated carbocycles. The van der Waals surface area contributed by atoms with Gasteiger partial charge in [-0.1, -0.05) is 11.2 Å². The highest BCUT2D eigenvalue weighted by molar-refractivity contribution is 6.27. The van der Waals surface area contributed by atoms with E-state index in [2.05, 4.69) is 10.2 Å². The van der Waals surface area contributed by atoms with Gasteiger partial charge in [-0.05, 0) is 29.3 Å². The highest BCUT2D eigenvalue weighted by Gasteiger charge is 2.07.